The summed E-state index contributed by atoms with van der Waals surface area (Å²) in [4.78, 5) is 7.95. The van der Waals surface area contributed by atoms with Crippen LogP contribution in [0, 0.1) is 0 Å². The van der Waals surface area contributed by atoms with E-state index in [0.29, 0.717) is 17.5 Å². The van der Waals surface area contributed by atoms with E-state index in [0.717, 1.165) is 16.7 Å². The molecule has 0 bridgehead atoms. The number of hydrogen-bond donors (Lipinski definition) is 1. The zero-order chi connectivity index (χ0) is 14.7. The fourth-order valence-electron chi connectivity index (χ4n) is 2.01. The molecule has 0 amide bonds. The highest BCUT2D eigenvalue weighted by Crippen LogP contribution is 2.19. The number of nitrogens with zero attached hydrogens (tertiary/aromatic N) is 4. The molecule has 21 heavy (non-hydrogen) atoms. The molecule has 0 atom stereocenters. The topological polar surface area (TPSA) is 55.6 Å². The Morgan fingerprint density at radius 1 is 1.14 bits per heavy atom. The van der Waals surface area contributed by atoms with Crippen molar-refractivity contribution in [3.63, 3.8) is 0 Å². The predicted molar refractivity (Wildman–Crippen MR) is 83.0 cm³/mol. The Morgan fingerprint density at radius 2 is 1.95 bits per heavy atom. The van der Waals surface area contributed by atoms with Crippen LogP contribution in [0.25, 0.3) is 11.1 Å². The van der Waals surface area contributed by atoms with E-state index in [9.17, 15) is 0 Å². The van der Waals surface area contributed by atoms with E-state index in [1.54, 1.807) is 10.7 Å². The molecule has 1 aromatic carbocycles. The molecule has 0 fully saturated rings. The second kappa shape index (κ2) is 5.93. The van der Waals surface area contributed by atoms with Gasteiger partial charge in [-0.1, -0.05) is 35.9 Å². The summed E-state index contributed by atoms with van der Waals surface area (Å²) in [5.41, 5.74) is 3.42. The van der Waals surface area contributed by atoms with Gasteiger partial charge in [0.15, 0.2) is 0 Å². The van der Waals surface area contributed by atoms with Crippen molar-refractivity contribution in [3.8, 4) is 11.1 Å². The molecule has 0 unspecified atom stereocenters. The molecule has 0 aliphatic heterocycles. The molecule has 0 aliphatic carbocycles. The quantitative estimate of drug-likeness (QED) is 0.752. The van der Waals surface area contributed by atoms with Crippen LogP contribution in [-0.4, -0.2) is 19.7 Å². The van der Waals surface area contributed by atoms with Crippen molar-refractivity contribution in [2.24, 2.45) is 7.05 Å². The average molecular weight is 300 g/mol. The Bertz CT molecular complexity index is 736. The smallest absolute Gasteiger partial charge is 0.134 e. The molecule has 3 rings (SSSR count). The first-order chi connectivity index (χ1) is 10.2. The average Bonchev–Trinajstić information content (AvgIpc) is 2.92. The largest absolute Gasteiger partial charge is 0.366 e. The van der Waals surface area contributed by atoms with E-state index in [-0.39, 0.29) is 0 Å². The second-order valence-electron chi connectivity index (χ2n) is 4.68. The molecular formula is C15H14ClN5. The van der Waals surface area contributed by atoms with Crippen molar-refractivity contribution >= 4 is 17.4 Å². The van der Waals surface area contributed by atoms with Crippen molar-refractivity contribution in [1.29, 1.82) is 0 Å². The summed E-state index contributed by atoms with van der Waals surface area (Å²) < 4.78 is 1.80. The van der Waals surface area contributed by atoms with Crippen molar-refractivity contribution < 1.29 is 0 Å². The molecule has 0 spiro atoms. The van der Waals surface area contributed by atoms with Gasteiger partial charge >= 0.3 is 0 Å². The number of anilines is 1. The maximum absolute atomic E-state index is 5.82. The highest BCUT2D eigenvalue weighted by Gasteiger charge is 2.01. The van der Waals surface area contributed by atoms with Crippen LogP contribution in [-0.2, 0) is 13.6 Å². The fourth-order valence-corrected chi connectivity index (χ4v) is 2.16. The molecule has 0 aliphatic rings. The third-order valence-corrected chi connectivity index (χ3v) is 3.31. The lowest BCUT2D eigenvalue weighted by Gasteiger charge is -2.06. The minimum absolute atomic E-state index is 0.430. The lowest BCUT2D eigenvalue weighted by atomic mass is 10.1. The van der Waals surface area contributed by atoms with Crippen LogP contribution in [0.3, 0.4) is 0 Å². The normalized spacial score (nSPS) is 10.6. The van der Waals surface area contributed by atoms with Crippen molar-refractivity contribution in [1.82, 2.24) is 19.7 Å². The van der Waals surface area contributed by atoms with Crippen LogP contribution < -0.4 is 5.32 Å². The zero-order valence-electron chi connectivity index (χ0n) is 11.5. The van der Waals surface area contributed by atoms with Crippen LogP contribution in [0.2, 0.25) is 5.15 Å². The summed E-state index contributed by atoms with van der Waals surface area (Å²) in [6.07, 6.45) is 5.29. The van der Waals surface area contributed by atoms with Crippen LogP contribution in [0.15, 0.2) is 49.1 Å². The standard InChI is InChI=1S/C15H14ClN5/c1-21-9-13(8-20-21)12-4-2-11(3-5-12)7-17-15-6-14(16)18-10-19-15/h2-6,8-10H,7H2,1H3,(H,17,18,19). The Balaban J connectivity index is 1.67. The van der Waals surface area contributed by atoms with E-state index in [2.05, 4.69) is 44.6 Å². The summed E-state index contributed by atoms with van der Waals surface area (Å²) in [6, 6.07) is 10.0. The Labute approximate surface area is 127 Å². The monoisotopic (exact) mass is 299 g/mol. The maximum atomic E-state index is 5.82. The van der Waals surface area contributed by atoms with Gasteiger partial charge in [-0.25, -0.2) is 9.97 Å². The van der Waals surface area contributed by atoms with E-state index in [4.69, 9.17) is 11.6 Å². The SMILES string of the molecule is Cn1cc(-c2ccc(CNc3cc(Cl)ncn3)cc2)cn1. The molecule has 5 nitrogen and oxygen atoms in total. The number of aromatic nitrogens is 4. The summed E-state index contributed by atoms with van der Waals surface area (Å²) >= 11 is 5.82. The van der Waals surface area contributed by atoms with Gasteiger partial charge in [-0.15, -0.1) is 0 Å². The number of nitrogens with one attached hydrogen (secondary N) is 1. The Kier molecular flexibility index (Phi) is 3.83. The molecule has 3 aromatic rings. The van der Waals surface area contributed by atoms with Gasteiger partial charge in [-0.05, 0) is 11.1 Å². The first-order valence-corrected chi connectivity index (χ1v) is 6.88. The lowest BCUT2D eigenvalue weighted by molar-refractivity contribution is 0.768. The number of benzene rings is 1. The first kappa shape index (κ1) is 13.6. The van der Waals surface area contributed by atoms with Crippen LogP contribution in [0.5, 0.6) is 0 Å². The predicted octanol–water partition coefficient (Wildman–Crippen LogP) is 3.14. The molecule has 0 saturated heterocycles. The van der Waals surface area contributed by atoms with E-state index < -0.39 is 0 Å². The highest BCUT2D eigenvalue weighted by atomic mass is 35.5. The first-order valence-electron chi connectivity index (χ1n) is 6.50. The highest BCUT2D eigenvalue weighted by molar-refractivity contribution is 6.29. The van der Waals surface area contributed by atoms with E-state index >= 15 is 0 Å². The summed E-state index contributed by atoms with van der Waals surface area (Å²) in [7, 11) is 1.91. The molecule has 106 valence electrons. The van der Waals surface area contributed by atoms with Gasteiger partial charge in [0.1, 0.15) is 17.3 Å². The minimum Gasteiger partial charge on any atom is -0.366 e. The van der Waals surface area contributed by atoms with Crippen molar-refractivity contribution in [2.75, 3.05) is 5.32 Å². The molecule has 6 heteroatoms. The Hall–Kier alpha value is -2.40. The molecule has 0 saturated carbocycles. The van der Waals surface area contributed by atoms with E-state index in [1.165, 1.54) is 6.33 Å². The van der Waals surface area contributed by atoms with Crippen LogP contribution in [0.1, 0.15) is 5.56 Å². The van der Waals surface area contributed by atoms with Gasteiger partial charge in [-0.2, -0.15) is 5.10 Å². The second-order valence-corrected chi connectivity index (χ2v) is 5.07. The molecule has 2 aromatic heterocycles. The summed E-state index contributed by atoms with van der Waals surface area (Å²) in [5.74, 6) is 0.714. The van der Waals surface area contributed by atoms with Crippen molar-refractivity contribution in [2.45, 2.75) is 6.54 Å². The Morgan fingerprint density at radius 3 is 2.62 bits per heavy atom. The van der Waals surface area contributed by atoms with Crippen LogP contribution >= 0.6 is 11.6 Å². The van der Waals surface area contributed by atoms with Gasteiger partial charge in [-0.3, -0.25) is 4.68 Å². The molecular weight excluding hydrogens is 286 g/mol. The minimum atomic E-state index is 0.430. The number of rotatable bonds is 4. The van der Waals surface area contributed by atoms with Gasteiger partial charge in [0.2, 0.25) is 0 Å². The summed E-state index contributed by atoms with van der Waals surface area (Å²) in [5, 5.41) is 7.82. The zero-order valence-corrected chi connectivity index (χ0v) is 12.2. The maximum Gasteiger partial charge on any atom is 0.134 e. The van der Waals surface area contributed by atoms with Gasteiger partial charge in [0.05, 0.1) is 6.20 Å². The third kappa shape index (κ3) is 3.38. The van der Waals surface area contributed by atoms with Gasteiger partial charge in [0.25, 0.3) is 0 Å². The molecule has 2 heterocycles. The molecule has 0 radical (unpaired) electrons. The van der Waals surface area contributed by atoms with Crippen molar-refractivity contribution in [3.05, 3.63) is 59.8 Å². The number of aryl methyl sites for hydroxylation is 1. The molecule has 1 N–H and O–H groups in total. The fraction of sp³-hybridized carbons (Fsp3) is 0.133. The number of halogens is 1. The van der Waals surface area contributed by atoms with E-state index in [1.807, 2.05) is 19.4 Å². The summed E-state index contributed by atoms with van der Waals surface area (Å²) in [6.45, 7) is 0.681. The number of hydrogen-bond acceptors (Lipinski definition) is 4. The van der Waals surface area contributed by atoms with Gasteiger partial charge in [0, 0.05) is 31.4 Å². The van der Waals surface area contributed by atoms with Gasteiger partial charge < -0.3 is 5.32 Å². The van der Waals surface area contributed by atoms with Crippen LogP contribution in [0.4, 0.5) is 5.82 Å². The lowest BCUT2D eigenvalue weighted by Crippen LogP contribution is -2.01. The third-order valence-electron chi connectivity index (χ3n) is 3.10.